The SMILES string of the molecule is COc1cnc2ncc(Cl)c(CCN3CCC(NCc4ccc5c(n4)NC(=O)CS5)CC3)c2c1.Cl.Cl. The smallest absolute Gasteiger partial charge is 0.235 e. The Bertz CT molecular complexity index is 1210. The quantitative estimate of drug-likeness (QED) is 0.432. The fourth-order valence-corrected chi connectivity index (χ4v) is 5.44. The molecule has 0 aliphatic carbocycles. The predicted octanol–water partition coefficient (Wildman–Crippen LogP) is 4.37. The lowest BCUT2D eigenvalue weighted by Crippen LogP contribution is -2.43. The second kappa shape index (κ2) is 13.1. The number of nitrogens with zero attached hydrogens (tertiary/aromatic N) is 4. The summed E-state index contributed by atoms with van der Waals surface area (Å²) in [6.45, 7) is 3.70. The van der Waals surface area contributed by atoms with Crippen molar-refractivity contribution in [2.24, 2.45) is 0 Å². The Morgan fingerprint density at radius 3 is 2.78 bits per heavy atom. The maximum Gasteiger partial charge on any atom is 0.235 e. The number of piperidine rings is 1. The number of rotatable bonds is 7. The highest BCUT2D eigenvalue weighted by Gasteiger charge is 2.21. The van der Waals surface area contributed by atoms with E-state index in [1.54, 1.807) is 19.5 Å². The van der Waals surface area contributed by atoms with E-state index in [1.165, 1.54) is 11.8 Å². The lowest BCUT2D eigenvalue weighted by Gasteiger charge is -2.32. The number of amides is 1. The number of halogens is 3. The third-order valence-electron chi connectivity index (χ3n) is 6.36. The van der Waals surface area contributed by atoms with Crippen molar-refractivity contribution in [3.8, 4) is 5.75 Å². The van der Waals surface area contributed by atoms with E-state index in [9.17, 15) is 4.79 Å². The van der Waals surface area contributed by atoms with Crippen molar-refractivity contribution in [2.45, 2.75) is 36.7 Å². The van der Waals surface area contributed by atoms with Crippen molar-refractivity contribution in [1.82, 2.24) is 25.2 Å². The molecule has 5 rings (SSSR count). The van der Waals surface area contributed by atoms with Gasteiger partial charge in [0.05, 0.1) is 34.7 Å². The van der Waals surface area contributed by atoms with Crippen molar-refractivity contribution in [3.63, 3.8) is 0 Å². The van der Waals surface area contributed by atoms with E-state index < -0.39 is 0 Å². The van der Waals surface area contributed by atoms with Crippen LogP contribution < -0.4 is 15.4 Å². The summed E-state index contributed by atoms with van der Waals surface area (Å²) in [4.78, 5) is 28.5. The maximum atomic E-state index is 11.6. The summed E-state index contributed by atoms with van der Waals surface area (Å²) in [6, 6.07) is 6.51. The van der Waals surface area contributed by atoms with Crippen LogP contribution in [0.3, 0.4) is 0 Å². The number of anilines is 1. The zero-order valence-corrected chi connectivity index (χ0v) is 23.0. The average molecular weight is 572 g/mol. The number of likely N-dealkylation sites (tertiary alicyclic amines) is 1. The summed E-state index contributed by atoms with van der Waals surface area (Å²) in [5, 5.41) is 8.13. The van der Waals surface area contributed by atoms with Crippen LogP contribution in [-0.2, 0) is 17.8 Å². The van der Waals surface area contributed by atoms with E-state index in [1.807, 2.05) is 18.2 Å². The molecule has 0 radical (unpaired) electrons. The monoisotopic (exact) mass is 570 g/mol. The molecule has 0 bridgehead atoms. The number of aromatic nitrogens is 3. The molecule has 0 aromatic carbocycles. The molecule has 0 saturated carbocycles. The van der Waals surface area contributed by atoms with Crippen molar-refractivity contribution in [1.29, 1.82) is 0 Å². The van der Waals surface area contributed by atoms with Gasteiger partial charge in [0.1, 0.15) is 11.6 Å². The van der Waals surface area contributed by atoms with E-state index in [-0.39, 0.29) is 30.7 Å². The molecule has 36 heavy (non-hydrogen) atoms. The van der Waals surface area contributed by atoms with E-state index >= 15 is 0 Å². The molecule has 1 amide bonds. The van der Waals surface area contributed by atoms with Gasteiger partial charge >= 0.3 is 0 Å². The highest BCUT2D eigenvalue weighted by atomic mass is 35.5. The van der Waals surface area contributed by atoms with Gasteiger partial charge in [0.15, 0.2) is 5.65 Å². The first kappa shape index (κ1) is 28.7. The first-order chi connectivity index (χ1) is 16.6. The van der Waals surface area contributed by atoms with Crippen LogP contribution in [0.5, 0.6) is 5.75 Å². The molecule has 12 heteroatoms. The van der Waals surface area contributed by atoms with Crippen LogP contribution in [0.2, 0.25) is 5.02 Å². The molecule has 5 heterocycles. The minimum absolute atomic E-state index is 0. The Kier molecular flexibility index (Phi) is 10.4. The Balaban J connectivity index is 0.00000180. The maximum absolute atomic E-state index is 11.6. The number of hydrogen-bond donors (Lipinski definition) is 2. The molecule has 2 aliphatic rings. The number of thioether (sulfide) groups is 1. The Hall–Kier alpha value is -1.88. The normalized spacial score (nSPS) is 16.0. The predicted molar refractivity (Wildman–Crippen MR) is 149 cm³/mol. The van der Waals surface area contributed by atoms with E-state index in [4.69, 9.17) is 16.3 Å². The molecule has 2 aliphatic heterocycles. The van der Waals surface area contributed by atoms with Crippen LogP contribution in [0.25, 0.3) is 11.0 Å². The summed E-state index contributed by atoms with van der Waals surface area (Å²) >= 11 is 8.04. The standard InChI is InChI=1S/C24H27ClN6O2S.2ClH/c1-33-17-10-19-18(20(25)13-28-23(19)27-12-17)6-9-31-7-4-15(5-8-31)26-11-16-2-3-21-24(29-16)30-22(32)14-34-21;;/h2-3,10,12-13,15,26H,4-9,11,14H2,1H3,(H,29,30,32);2*1H. The number of carbonyl (C=O) groups excluding carboxylic acids is 1. The van der Waals surface area contributed by atoms with Crippen LogP contribution in [0, 0.1) is 0 Å². The molecule has 1 fully saturated rings. The highest BCUT2D eigenvalue weighted by molar-refractivity contribution is 8.00. The molecule has 8 nitrogen and oxygen atoms in total. The summed E-state index contributed by atoms with van der Waals surface area (Å²) in [6.07, 6.45) is 6.37. The van der Waals surface area contributed by atoms with E-state index in [0.29, 0.717) is 40.6 Å². The van der Waals surface area contributed by atoms with Gasteiger partial charge < -0.3 is 20.3 Å². The third kappa shape index (κ3) is 6.70. The zero-order valence-electron chi connectivity index (χ0n) is 19.8. The van der Waals surface area contributed by atoms with Crippen LogP contribution in [0.1, 0.15) is 24.1 Å². The first-order valence-corrected chi connectivity index (χ1v) is 12.8. The van der Waals surface area contributed by atoms with Crippen molar-refractivity contribution in [2.75, 3.05) is 37.8 Å². The molecule has 3 aromatic heterocycles. The number of methoxy groups -OCH3 is 1. The number of carbonyl (C=O) groups is 1. The minimum atomic E-state index is 0. The van der Waals surface area contributed by atoms with Gasteiger partial charge in [-0.05, 0) is 56.1 Å². The number of ether oxygens (including phenoxy) is 1. The van der Waals surface area contributed by atoms with Crippen molar-refractivity contribution in [3.05, 3.63) is 46.9 Å². The molecule has 0 spiro atoms. The number of pyridine rings is 3. The first-order valence-electron chi connectivity index (χ1n) is 11.4. The fourth-order valence-electron chi connectivity index (χ4n) is 4.44. The van der Waals surface area contributed by atoms with Gasteiger partial charge in [-0.15, -0.1) is 36.6 Å². The second-order valence-corrected chi connectivity index (χ2v) is 9.99. The average Bonchev–Trinajstić information content (AvgIpc) is 2.87. The lowest BCUT2D eigenvalue weighted by atomic mass is 10.0. The van der Waals surface area contributed by atoms with Crippen LogP contribution >= 0.6 is 48.2 Å². The van der Waals surface area contributed by atoms with Gasteiger partial charge in [-0.3, -0.25) is 4.79 Å². The topological polar surface area (TPSA) is 92.3 Å². The van der Waals surface area contributed by atoms with Gasteiger partial charge in [-0.25, -0.2) is 15.0 Å². The van der Waals surface area contributed by atoms with Crippen LogP contribution in [-0.4, -0.2) is 64.3 Å². The Labute approximate surface area is 232 Å². The summed E-state index contributed by atoms with van der Waals surface area (Å²) in [5.41, 5.74) is 2.71. The molecular formula is C24H29Cl3N6O2S. The zero-order chi connectivity index (χ0) is 23.5. The number of fused-ring (bicyclic) bond motifs is 2. The fraction of sp³-hybridized carbons (Fsp3) is 0.417. The lowest BCUT2D eigenvalue weighted by molar-refractivity contribution is -0.113. The molecule has 0 unspecified atom stereocenters. The molecule has 1 saturated heterocycles. The van der Waals surface area contributed by atoms with Crippen LogP contribution in [0.15, 0.2) is 35.5 Å². The largest absolute Gasteiger partial charge is 0.495 e. The van der Waals surface area contributed by atoms with Crippen molar-refractivity contribution >= 4 is 70.9 Å². The Morgan fingerprint density at radius 1 is 1.22 bits per heavy atom. The molecule has 3 aromatic rings. The Morgan fingerprint density at radius 2 is 2.00 bits per heavy atom. The number of nitrogens with one attached hydrogen (secondary N) is 2. The summed E-state index contributed by atoms with van der Waals surface area (Å²) in [7, 11) is 1.64. The molecule has 2 N–H and O–H groups in total. The summed E-state index contributed by atoms with van der Waals surface area (Å²) in [5.74, 6) is 1.86. The van der Waals surface area contributed by atoms with Gasteiger partial charge in [0.25, 0.3) is 0 Å². The third-order valence-corrected chi connectivity index (χ3v) is 7.73. The van der Waals surface area contributed by atoms with E-state index in [2.05, 4.69) is 30.5 Å². The summed E-state index contributed by atoms with van der Waals surface area (Å²) < 4.78 is 5.34. The van der Waals surface area contributed by atoms with Crippen LogP contribution in [0.4, 0.5) is 5.82 Å². The van der Waals surface area contributed by atoms with Gasteiger partial charge in [0.2, 0.25) is 5.91 Å². The minimum Gasteiger partial charge on any atom is -0.495 e. The second-order valence-electron chi connectivity index (χ2n) is 8.56. The van der Waals surface area contributed by atoms with E-state index in [0.717, 1.165) is 60.4 Å². The van der Waals surface area contributed by atoms with Crippen molar-refractivity contribution < 1.29 is 9.53 Å². The van der Waals surface area contributed by atoms with Gasteiger partial charge in [0, 0.05) is 30.7 Å². The highest BCUT2D eigenvalue weighted by Crippen LogP contribution is 2.30. The molecule has 0 atom stereocenters. The molecule has 194 valence electrons. The molecular weight excluding hydrogens is 543 g/mol. The van der Waals surface area contributed by atoms with Gasteiger partial charge in [-0.2, -0.15) is 0 Å². The number of hydrogen-bond acceptors (Lipinski definition) is 8. The van der Waals surface area contributed by atoms with Gasteiger partial charge in [-0.1, -0.05) is 11.6 Å².